The third kappa shape index (κ3) is 4.69. The molecular weight excluding hydrogens is 286 g/mol. The first kappa shape index (κ1) is 16.3. The van der Waals surface area contributed by atoms with Crippen LogP contribution in [0, 0.1) is 0 Å². The first-order valence-corrected chi connectivity index (χ1v) is 8.27. The number of urea groups is 1. The molecule has 1 aliphatic rings. The van der Waals surface area contributed by atoms with Crippen LogP contribution in [0.3, 0.4) is 0 Å². The van der Waals surface area contributed by atoms with E-state index in [4.69, 9.17) is 4.74 Å². The second-order valence-corrected chi connectivity index (χ2v) is 6.96. The molecular formula is C15H25N3O2S. The van der Waals surface area contributed by atoms with Crippen LogP contribution in [-0.2, 0) is 4.74 Å². The van der Waals surface area contributed by atoms with Crippen LogP contribution < -0.4 is 10.6 Å². The molecule has 1 aromatic rings. The molecule has 2 amide bonds. The molecule has 2 heterocycles. The standard InChI is InChI=1S/C15H25N3O2S/c1-12(13-5-4-10-21-13)17-14(19)16-11-15(2,3)18-6-8-20-9-7-18/h4-5,10,12H,6-9,11H2,1-3H3,(H2,16,17,19). The third-order valence-electron chi connectivity index (χ3n) is 3.87. The monoisotopic (exact) mass is 311 g/mol. The van der Waals surface area contributed by atoms with Crippen LogP contribution in [0.2, 0.25) is 0 Å². The van der Waals surface area contributed by atoms with Crippen LogP contribution in [0.4, 0.5) is 4.79 Å². The molecule has 1 fully saturated rings. The summed E-state index contributed by atoms with van der Waals surface area (Å²) in [4.78, 5) is 15.5. The Hall–Kier alpha value is -1.11. The molecule has 5 nitrogen and oxygen atoms in total. The van der Waals surface area contributed by atoms with E-state index in [-0.39, 0.29) is 17.6 Å². The van der Waals surface area contributed by atoms with E-state index in [1.807, 2.05) is 24.4 Å². The highest BCUT2D eigenvalue weighted by molar-refractivity contribution is 7.10. The van der Waals surface area contributed by atoms with Crippen molar-refractivity contribution in [3.05, 3.63) is 22.4 Å². The van der Waals surface area contributed by atoms with Crippen molar-refractivity contribution >= 4 is 17.4 Å². The quantitative estimate of drug-likeness (QED) is 0.877. The van der Waals surface area contributed by atoms with Crippen molar-refractivity contribution < 1.29 is 9.53 Å². The number of ether oxygens (including phenoxy) is 1. The first-order valence-electron chi connectivity index (χ1n) is 7.39. The van der Waals surface area contributed by atoms with E-state index in [1.54, 1.807) is 11.3 Å². The van der Waals surface area contributed by atoms with E-state index in [0.29, 0.717) is 6.54 Å². The van der Waals surface area contributed by atoms with Gasteiger partial charge in [-0.25, -0.2) is 4.79 Å². The fraction of sp³-hybridized carbons (Fsp3) is 0.667. The molecule has 1 unspecified atom stereocenters. The molecule has 0 saturated carbocycles. The van der Waals surface area contributed by atoms with Crippen LogP contribution in [-0.4, -0.2) is 49.3 Å². The van der Waals surface area contributed by atoms with E-state index in [0.717, 1.165) is 31.2 Å². The Kier molecular flexibility index (Phi) is 5.61. The lowest BCUT2D eigenvalue weighted by atomic mass is 10.0. The zero-order chi connectivity index (χ0) is 15.3. The lowest BCUT2D eigenvalue weighted by Crippen LogP contribution is -2.56. The molecule has 21 heavy (non-hydrogen) atoms. The number of nitrogens with one attached hydrogen (secondary N) is 2. The highest BCUT2D eigenvalue weighted by atomic mass is 32.1. The highest BCUT2D eigenvalue weighted by Crippen LogP contribution is 2.18. The predicted octanol–water partition coefficient (Wildman–Crippen LogP) is 2.22. The van der Waals surface area contributed by atoms with Crippen LogP contribution in [0.1, 0.15) is 31.7 Å². The van der Waals surface area contributed by atoms with Gasteiger partial charge in [-0.05, 0) is 32.2 Å². The average Bonchev–Trinajstić information content (AvgIpc) is 3.00. The topological polar surface area (TPSA) is 53.6 Å². The molecule has 118 valence electrons. The molecule has 0 aliphatic carbocycles. The van der Waals surface area contributed by atoms with Crippen molar-refractivity contribution in [1.82, 2.24) is 15.5 Å². The number of carbonyl (C=O) groups excluding carboxylic acids is 1. The van der Waals surface area contributed by atoms with E-state index < -0.39 is 0 Å². The molecule has 1 aliphatic heterocycles. The number of hydrogen-bond donors (Lipinski definition) is 2. The molecule has 2 N–H and O–H groups in total. The molecule has 1 saturated heterocycles. The first-order chi connectivity index (χ1) is 9.99. The predicted molar refractivity (Wildman–Crippen MR) is 85.7 cm³/mol. The van der Waals surface area contributed by atoms with Gasteiger partial charge in [-0.2, -0.15) is 0 Å². The molecule has 0 spiro atoms. The van der Waals surface area contributed by atoms with Crippen LogP contribution in [0.15, 0.2) is 17.5 Å². The molecule has 0 aromatic carbocycles. The summed E-state index contributed by atoms with van der Waals surface area (Å²) < 4.78 is 5.37. The van der Waals surface area contributed by atoms with Gasteiger partial charge in [0.05, 0.1) is 19.3 Å². The van der Waals surface area contributed by atoms with Crippen molar-refractivity contribution in [2.24, 2.45) is 0 Å². The lowest BCUT2D eigenvalue weighted by Gasteiger charge is -2.40. The zero-order valence-corrected chi connectivity index (χ0v) is 13.8. The number of hydrogen-bond acceptors (Lipinski definition) is 4. The van der Waals surface area contributed by atoms with E-state index in [9.17, 15) is 4.79 Å². The number of morpholine rings is 1. The summed E-state index contributed by atoms with van der Waals surface area (Å²) >= 11 is 1.65. The van der Waals surface area contributed by atoms with Gasteiger partial charge < -0.3 is 15.4 Å². The van der Waals surface area contributed by atoms with Crippen molar-refractivity contribution in [2.45, 2.75) is 32.4 Å². The lowest BCUT2D eigenvalue weighted by molar-refractivity contribution is -0.00876. The van der Waals surface area contributed by atoms with Gasteiger partial charge >= 0.3 is 6.03 Å². The van der Waals surface area contributed by atoms with Crippen LogP contribution in [0.25, 0.3) is 0 Å². The minimum Gasteiger partial charge on any atom is -0.379 e. The fourth-order valence-electron chi connectivity index (χ4n) is 2.43. The van der Waals surface area contributed by atoms with Gasteiger partial charge in [0.25, 0.3) is 0 Å². The van der Waals surface area contributed by atoms with Gasteiger partial charge in [0.2, 0.25) is 0 Å². The Balaban J connectivity index is 1.77. The Morgan fingerprint density at radius 1 is 1.48 bits per heavy atom. The zero-order valence-electron chi connectivity index (χ0n) is 13.0. The summed E-state index contributed by atoms with van der Waals surface area (Å²) in [6.07, 6.45) is 0. The smallest absolute Gasteiger partial charge is 0.315 e. The Labute approximate surface area is 130 Å². The van der Waals surface area contributed by atoms with Gasteiger partial charge in [-0.15, -0.1) is 11.3 Å². The SMILES string of the molecule is CC(NC(=O)NCC(C)(C)N1CCOCC1)c1cccs1. The van der Waals surface area contributed by atoms with E-state index in [2.05, 4.69) is 29.4 Å². The Morgan fingerprint density at radius 2 is 2.19 bits per heavy atom. The summed E-state index contributed by atoms with van der Waals surface area (Å²) in [7, 11) is 0. The summed E-state index contributed by atoms with van der Waals surface area (Å²) in [5, 5.41) is 7.98. The second kappa shape index (κ2) is 7.24. The second-order valence-electron chi connectivity index (χ2n) is 5.98. The molecule has 0 radical (unpaired) electrons. The summed E-state index contributed by atoms with van der Waals surface area (Å²) in [5.41, 5.74) is -0.0622. The third-order valence-corrected chi connectivity index (χ3v) is 4.92. The molecule has 2 rings (SSSR count). The normalized spacial score (nSPS) is 18.2. The number of rotatable bonds is 5. The number of carbonyl (C=O) groups is 1. The average molecular weight is 311 g/mol. The van der Waals surface area contributed by atoms with Gasteiger partial charge in [0, 0.05) is 30.1 Å². The van der Waals surface area contributed by atoms with Crippen molar-refractivity contribution in [2.75, 3.05) is 32.8 Å². The van der Waals surface area contributed by atoms with Gasteiger partial charge in [0.15, 0.2) is 0 Å². The number of nitrogens with zero attached hydrogens (tertiary/aromatic N) is 1. The number of thiophene rings is 1. The Bertz CT molecular complexity index is 442. The summed E-state index contributed by atoms with van der Waals surface area (Å²) in [6.45, 7) is 10.3. The van der Waals surface area contributed by atoms with E-state index in [1.165, 1.54) is 0 Å². The number of amides is 2. The highest BCUT2D eigenvalue weighted by Gasteiger charge is 2.28. The van der Waals surface area contributed by atoms with Crippen LogP contribution >= 0.6 is 11.3 Å². The molecule has 6 heteroatoms. The largest absolute Gasteiger partial charge is 0.379 e. The molecule has 0 bridgehead atoms. The maximum Gasteiger partial charge on any atom is 0.315 e. The maximum absolute atomic E-state index is 12.0. The minimum atomic E-state index is -0.114. The summed E-state index contributed by atoms with van der Waals surface area (Å²) in [5.74, 6) is 0. The molecule has 1 atom stereocenters. The van der Waals surface area contributed by atoms with E-state index >= 15 is 0 Å². The minimum absolute atomic E-state index is 0.0384. The molecule has 1 aromatic heterocycles. The van der Waals surface area contributed by atoms with Crippen molar-refractivity contribution in [3.8, 4) is 0 Å². The van der Waals surface area contributed by atoms with Gasteiger partial charge in [-0.1, -0.05) is 6.07 Å². The van der Waals surface area contributed by atoms with Gasteiger partial charge in [0.1, 0.15) is 0 Å². The summed E-state index contributed by atoms with van der Waals surface area (Å²) in [6, 6.07) is 3.96. The van der Waals surface area contributed by atoms with Crippen molar-refractivity contribution in [1.29, 1.82) is 0 Å². The maximum atomic E-state index is 12.0. The van der Waals surface area contributed by atoms with Crippen LogP contribution in [0.5, 0.6) is 0 Å². The Morgan fingerprint density at radius 3 is 2.81 bits per heavy atom. The van der Waals surface area contributed by atoms with Crippen molar-refractivity contribution in [3.63, 3.8) is 0 Å². The fourth-order valence-corrected chi connectivity index (χ4v) is 3.17. The van der Waals surface area contributed by atoms with Gasteiger partial charge in [-0.3, -0.25) is 4.90 Å².